The molecular weight excluding hydrogens is 188 g/mol. The number of pyridine rings is 2. The third kappa shape index (κ3) is 1.43. The third-order valence-corrected chi connectivity index (χ3v) is 2.33. The van der Waals surface area contributed by atoms with Crippen LogP contribution in [0.25, 0.3) is 10.8 Å². The second-order valence-corrected chi connectivity index (χ2v) is 3.30. The van der Waals surface area contributed by atoms with Gasteiger partial charge in [0.1, 0.15) is 5.03 Å². The highest BCUT2D eigenvalue weighted by atomic mass is 32.2. The van der Waals surface area contributed by atoms with E-state index in [4.69, 9.17) is 0 Å². The maximum atomic E-state index is 10.7. The van der Waals surface area contributed by atoms with Crippen molar-refractivity contribution in [3.05, 3.63) is 30.7 Å². The van der Waals surface area contributed by atoms with Crippen LogP contribution in [-0.2, 0) is 11.1 Å². The molecular formula is C8H5N2O2S-. The maximum Gasteiger partial charge on any atom is 0.121 e. The molecule has 0 aliphatic heterocycles. The molecule has 0 bridgehead atoms. The Morgan fingerprint density at radius 3 is 2.92 bits per heavy atom. The van der Waals surface area contributed by atoms with Crippen molar-refractivity contribution in [2.75, 3.05) is 0 Å². The highest BCUT2D eigenvalue weighted by Gasteiger charge is 2.00. The van der Waals surface area contributed by atoms with Crippen molar-refractivity contribution >= 4 is 21.9 Å². The van der Waals surface area contributed by atoms with E-state index in [1.54, 1.807) is 24.5 Å². The first kappa shape index (κ1) is 8.28. The summed E-state index contributed by atoms with van der Waals surface area (Å²) >= 11 is -2.29. The molecule has 0 aromatic carbocycles. The zero-order chi connectivity index (χ0) is 9.26. The SMILES string of the molecule is O=S([O-])c1nccc2cnccc12. The quantitative estimate of drug-likeness (QED) is 0.630. The van der Waals surface area contributed by atoms with Crippen molar-refractivity contribution in [3.8, 4) is 0 Å². The Balaban J connectivity index is 2.83. The highest BCUT2D eigenvalue weighted by Crippen LogP contribution is 2.16. The molecule has 0 aliphatic carbocycles. The maximum absolute atomic E-state index is 10.7. The summed E-state index contributed by atoms with van der Waals surface area (Å²) in [6.07, 6.45) is 4.60. The van der Waals surface area contributed by atoms with Gasteiger partial charge in [-0.25, -0.2) is 4.98 Å². The Labute approximate surface area is 76.9 Å². The summed E-state index contributed by atoms with van der Waals surface area (Å²) in [5, 5.41) is 1.45. The van der Waals surface area contributed by atoms with E-state index >= 15 is 0 Å². The van der Waals surface area contributed by atoms with Crippen LogP contribution in [0.15, 0.2) is 35.7 Å². The first-order valence-corrected chi connectivity index (χ1v) is 4.64. The van der Waals surface area contributed by atoms with E-state index in [-0.39, 0.29) is 5.03 Å². The highest BCUT2D eigenvalue weighted by molar-refractivity contribution is 7.79. The molecule has 2 heterocycles. The molecule has 0 N–H and O–H groups in total. The molecule has 0 radical (unpaired) electrons. The molecule has 5 heteroatoms. The number of nitrogens with zero attached hydrogens (tertiary/aromatic N) is 2. The molecule has 0 amide bonds. The largest absolute Gasteiger partial charge is 0.767 e. The predicted molar refractivity (Wildman–Crippen MR) is 46.7 cm³/mol. The topological polar surface area (TPSA) is 65.9 Å². The van der Waals surface area contributed by atoms with E-state index in [2.05, 4.69) is 9.97 Å². The van der Waals surface area contributed by atoms with Crippen LogP contribution in [0.3, 0.4) is 0 Å². The number of aromatic nitrogens is 2. The summed E-state index contributed by atoms with van der Waals surface area (Å²) in [5.41, 5.74) is 0. The van der Waals surface area contributed by atoms with E-state index in [9.17, 15) is 8.76 Å². The van der Waals surface area contributed by atoms with Gasteiger partial charge in [0, 0.05) is 29.4 Å². The van der Waals surface area contributed by atoms with Crippen LogP contribution in [0.4, 0.5) is 0 Å². The van der Waals surface area contributed by atoms with E-state index < -0.39 is 11.1 Å². The Morgan fingerprint density at radius 1 is 1.31 bits per heavy atom. The lowest BCUT2D eigenvalue weighted by Gasteiger charge is -2.06. The molecule has 13 heavy (non-hydrogen) atoms. The molecule has 0 aliphatic rings. The summed E-state index contributed by atoms with van der Waals surface area (Å²) in [6.45, 7) is 0. The molecule has 0 saturated heterocycles. The van der Waals surface area contributed by atoms with Gasteiger partial charge in [-0.05, 0) is 23.2 Å². The lowest BCUT2D eigenvalue weighted by atomic mass is 10.2. The molecule has 2 aromatic rings. The minimum absolute atomic E-state index is 0.0694. The van der Waals surface area contributed by atoms with Crippen LogP contribution in [0.2, 0.25) is 0 Å². The molecule has 0 saturated carbocycles. The smallest absolute Gasteiger partial charge is 0.121 e. The predicted octanol–water partition coefficient (Wildman–Crippen LogP) is 0.868. The van der Waals surface area contributed by atoms with Crippen LogP contribution < -0.4 is 0 Å². The minimum atomic E-state index is -2.29. The standard InChI is InChI=1S/C8H6N2O2S/c11-13(12)8-7-2-3-9-5-6(7)1-4-10-8/h1-5H,(H,11,12)/p-1. The van der Waals surface area contributed by atoms with Crippen LogP contribution in [0, 0.1) is 0 Å². The van der Waals surface area contributed by atoms with E-state index in [0.717, 1.165) is 5.39 Å². The molecule has 2 rings (SSSR count). The summed E-state index contributed by atoms with van der Waals surface area (Å²) in [6, 6.07) is 3.35. The van der Waals surface area contributed by atoms with E-state index in [0.29, 0.717) is 5.39 Å². The average Bonchev–Trinajstić information content (AvgIpc) is 2.17. The van der Waals surface area contributed by atoms with Gasteiger partial charge in [-0.2, -0.15) is 0 Å². The molecule has 66 valence electrons. The lowest BCUT2D eigenvalue weighted by molar-refractivity contribution is 0.534. The minimum Gasteiger partial charge on any atom is -0.767 e. The van der Waals surface area contributed by atoms with Crippen LogP contribution in [0.1, 0.15) is 0 Å². The van der Waals surface area contributed by atoms with Crippen molar-refractivity contribution in [1.29, 1.82) is 0 Å². The van der Waals surface area contributed by atoms with Crippen LogP contribution in [0.5, 0.6) is 0 Å². The molecule has 0 spiro atoms. The number of hydrogen-bond donors (Lipinski definition) is 0. The number of rotatable bonds is 1. The Kier molecular flexibility index (Phi) is 2.03. The first-order chi connectivity index (χ1) is 6.29. The van der Waals surface area contributed by atoms with Crippen molar-refractivity contribution in [2.45, 2.75) is 5.03 Å². The molecule has 1 unspecified atom stereocenters. The molecule has 4 nitrogen and oxygen atoms in total. The summed E-state index contributed by atoms with van der Waals surface area (Å²) in [7, 11) is 0. The van der Waals surface area contributed by atoms with Gasteiger partial charge in [0.25, 0.3) is 0 Å². The zero-order valence-electron chi connectivity index (χ0n) is 6.51. The van der Waals surface area contributed by atoms with Gasteiger partial charge >= 0.3 is 0 Å². The first-order valence-electron chi connectivity index (χ1n) is 3.57. The fraction of sp³-hybridized carbons (Fsp3) is 0. The van der Waals surface area contributed by atoms with Crippen molar-refractivity contribution in [1.82, 2.24) is 9.97 Å². The zero-order valence-corrected chi connectivity index (χ0v) is 7.32. The van der Waals surface area contributed by atoms with Crippen molar-refractivity contribution < 1.29 is 8.76 Å². The Morgan fingerprint density at radius 2 is 2.15 bits per heavy atom. The normalized spacial score (nSPS) is 13.0. The second-order valence-electron chi connectivity index (χ2n) is 2.45. The van der Waals surface area contributed by atoms with Crippen LogP contribution in [-0.4, -0.2) is 18.7 Å². The van der Waals surface area contributed by atoms with Gasteiger partial charge in [-0.1, -0.05) is 0 Å². The summed E-state index contributed by atoms with van der Waals surface area (Å²) < 4.78 is 21.5. The van der Waals surface area contributed by atoms with Gasteiger partial charge in [0.15, 0.2) is 0 Å². The Bertz CT molecular complexity index is 467. The fourth-order valence-corrected chi connectivity index (χ4v) is 1.63. The lowest BCUT2D eigenvalue weighted by Crippen LogP contribution is -1.94. The monoisotopic (exact) mass is 193 g/mol. The van der Waals surface area contributed by atoms with Gasteiger partial charge in [-0.15, -0.1) is 0 Å². The number of hydrogen-bond acceptors (Lipinski definition) is 4. The van der Waals surface area contributed by atoms with Gasteiger partial charge in [0.05, 0.1) is 0 Å². The van der Waals surface area contributed by atoms with E-state index in [1.165, 1.54) is 6.20 Å². The van der Waals surface area contributed by atoms with Gasteiger partial charge in [-0.3, -0.25) is 9.19 Å². The fourth-order valence-electron chi connectivity index (χ4n) is 1.12. The summed E-state index contributed by atoms with van der Waals surface area (Å²) in [4.78, 5) is 7.65. The second kappa shape index (κ2) is 3.20. The third-order valence-electron chi connectivity index (χ3n) is 1.69. The van der Waals surface area contributed by atoms with E-state index in [1.807, 2.05) is 0 Å². The molecule has 0 fully saturated rings. The van der Waals surface area contributed by atoms with Gasteiger partial charge in [0.2, 0.25) is 0 Å². The summed E-state index contributed by atoms with van der Waals surface area (Å²) in [5.74, 6) is 0. The van der Waals surface area contributed by atoms with Crippen molar-refractivity contribution in [3.63, 3.8) is 0 Å². The molecule has 2 aromatic heterocycles. The van der Waals surface area contributed by atoms with Crippen LogP contribution >= 0.6 is 0 Å². The molecule has 1 atom stereocenters. The Hall–Kier alpha value is -1.33. The van der Waals surface area contributed by atoms with Gasteiger partial charge < -0.3 is 4.55 Å². The number of fused-ring (bicyclic) bond motifs is 1. The van der Waals surface area contributed by atoms with Crippen molar-refractivity contribution in [2.24, 2.45) is 0 Å². The average molecular weight is 193 g/mol.